The second kappa shape index (κ2) is 11.2. The lowest BCUT2D eigenvalue weighted by Crippen LogP contribution is -2.39. The van der Waals surface area contributed by atoms with Crippen LogP contribution in [0.5, 0.6) is 0 Å². The molecule has 5 rings (SSSR count). The lowest BCUT2D eigenvalue weighted by Gasteiger charge is -2.26. The Morgan fingerprint density at radius 3 is 2.64 bits per heavy atom. The summed E-state index contributed by atoms with van der Waals surface area (Å²) in [5.74, 6) is 7.97. The molecule has 1 aliphatic heterocycles. The summed E-state index contributed by atoms with van der Waals surface area (Å²) < 4.78 is 7.06. The van der Waals surface area contributed by atoms with Crippen LogP contribution in [0.15, 0.2) is 42.7 Å². The van der Waals surface area contributed by atoms with Gasteiger partial charge in [0.15, 0.2) is 0 Å². The summed E-state index contributed by atoms with van der Waals surface area (Å²) in [5, 5.41) is 13.4. The molecule has 2 amide bonds. The molecule has 186 valence electrons. The van der Waals surface area contributed by atoms with Crippen molar-refractivity contribution in [2.24, 2.45) is 7.05 Å². The molecule has 36 heavy (non-hydrogen) atoms. The molecule has 0 radical (unpaired) electrons. The van der Waals surface area contributed by atoms with Crippen molar-refractivity contribution in [3.63, 3.8) is 0 Å². The molecule has 0 bridgehead atoms. The molecular weight excluding hydrogens is 456 g/mol. The average molecular weight is 487 g/mol. The predicted octanol–water partition coefficient (Wildman–Crippen LogP) is 2.88. The molecule has 10 heteroatoms. The first-order valence-corrected chi connectivity index (χ1v) is 12.2. The van der Waals surface area contributed by atoms with Crippen LogP contribution in [-0.4, -0.2) is 70.1 Å². The Labute approximate surface area is 210 Å². The van der Waals surface area contributed by atoms with Crippen molar-refractivity contribution in [2.75, 3.05) is 55.3 Å². The number of carbonyl (C=O) groups excluding carboxylic acids is 1. The number of nitrogens with one attached hydrogen (secondary N) is 3. The molecule has 0 unspecified atom stereocenters. The summed E-state index contributed by atoms with van der Waals surface area (Å²) >= 11 is 0. The smallest absolute Gasteiger partial charge is 0.324 e. The number of rotatable bonds is 7. The zero-order valence-electron chi connectivity index (χ0n) is 20.3. The summed E-state index contributed by atoms with van der Waals surface area (Å²) in [6, 6.07) is 9.01. The Kier molecular flexibility index (Phi) is 7.40. The van der Waals surface area contributed by atoms with E-state index in [9.17, 15) is 4.79 Å². The maximum atomic E-state index is 12.5. The number of aryl methyl sites for hydroxylation is 1. The minimum absolute atomic E-state index is 0.324. The van der Waals surface area contributed by atoms with Crippen molar-refractivity contribution >= 4 is 23.5 Å². The predicted molar refractivity (Wildman–Crippen MR) is 138 cm³/mol. The van der Waals surface area contributed by atoms with Gasteiger partial charge in [-0.25, -0.2) is 14.8 Å². The molecule has 0 atom stereocenters. The van der Waals surface area contributed by atoms with E-state index in [1.54, 1.807) is 17.1 Å². The number of benzene rings is 1. The van der Waals surface area contributed by atoms with E-state index in [-0.39, 0.29) is 6.03 Å². The van der Waals surface area contributed by atoms with Crippen molar-refractivity contribution in [3.8, 4) is 11.8 Å². The molecule has 1 aliphatic carbocycles. The second-order valence-corrected chi connectivity index (χ2v) is 8.94. The van der Waals surface area contributed by atoms with E-state index >= 15 is 0 Å². The molecule has 3 aromatic rings. The standard InChI is InChI=1S/C26H30N8O2/c1-33-24(16-23(32-33)21-7-8-21)31-26(35)30-22-4-2-3-19(15-22)5-6-20-17-28-25(29-18-20)27-9-10-34-11-13-36-14-12-34/h2-4,15-18,21H,7-14H2,1H3,(H,27,28,29)(H2,30,31,35). The van der Waals surface area contributed by atoms with Gasteiger partial charge in [0.2, 0.25) is 5.95 Å². The van der Waals surface area contributed by atoms with Gasteiger partial charge < -0.3 is 15.4 Å². The summed E-state index contributed by atoms with van der Waals surface area (Å²) in [4.78, 5) is 23.5. The van der Waals surface area contributed by atoms with Gasteiger partial charge in [-0.2, -0.15) is 5.10 Å². The number of anilines is 3. The van der Waals surface area contributed by atoms with E-state index < -0.39 is 0 Å². The highest BCUT2D eigenvalue weighted by molar-refractivity contribution is 5.99. The number of morpholine rings is 1. The van der Waals surface area contributed by atoms with Crippen molar-refractivity contribution in [3.05, 3.63) is 59.5 Å². The fourth-order valence-electron chi connectivity index (χ4n) is 3.92. The topological polar surface area (TPSA) is 109 Å². The first-order valence-electron chi connectivity index (χ1n) is 12.2. The van der Waals surface area contributed by atoms with E-state index in [4.69, 9.17) is 4.74 Å². The Morgan fingerprint density at radius 1 is 1.08 bits per heavy atom. The third kappa shape index (κ3) is 6.59. The van der Waals surface area contributed by atoms with Crippen LogP contribution >= 0.6 is 0 Å². The van der Waals surface area contributed by atoms with Crippen LogP contribution < -0.4 is 16.0 Å². The summed E-state index contributed by atoms with van der Waals surface area (Å²) in [6.45, 7) is 5.22. The molecule has 2 fully saturated rings. The van der Waals surface area contributed by atoms with Gasteiger partial charge in [0.05, 0.1) is 24.5 Å². The first kappa shape index (κ1) is 23.8. The van der Waals surface area contributed by atoms with Crippen LogP contribution in [0.4, 0.5) is 22.2 Å². The number of ether oxygens (including phenoxy) is 1. The van der Waals surface area contributed by atoms with Gasteiger partial charge in [-0.1, -0.05) is 17.9 Å². The molecule has 1 saturated carbocycles. The van der Waals surface area contributed by atoms with E-state index in [1.807, 2.05) is 37.4 Å². The second-order valence-electron chi connectivity index (χ2n) is 8.94. The highest BCUT2D eigenvalue weighted by atomic mass is 16.5. The molecule has 3 heterocycles. The zero-order valence-corrected chi connectivity index (χ0v) is 20.3. The van der Waals surface area contributed by atoms with Crippen molar-refractivity contribution in [1.82, 2.24) is 24.6 Å². The van der Waals surface area contributed by atoms with Crippen LogP contribution in [-0.2, 0) is 11.8 Å². The van der Waals surface area contributed by atoms with Crippen LogP contribution in [0.1, 0.15) is 35.6 Å². The third-order valence-corrected chi connectivity index (χ3v) is 6.07. The lowest BCUT2D eigenvalue weighted by molar-refractivity contribution is 0.0398. The van der Waals surface area contributed by atoms with Crippen LogP contribution in [0.25, 0.3) is 0 Å². The van der Waals surface area contributed by atoms with E-state index in [0.29, 0.717) is 28.9 Å². The van der Waals surface area contributed by atoms with Gasteiger partial charge in [-0.3, -0.25) is 14.9 Å². The largest absolute Gasteiger partial charge is 0.379 e. The van der Waals surface area contributed by atoms with Gasteiger partial charge in [0.25, 0.3) is 0 Å². The highest BCUT2D eigenvalue weighted by Gasteiger charge is 2.27. The van der Waals surface area contributed by atoms with Crippen LogP contribution in [0.3, 0.4) is 0 Å². The molecule has 1 aromatic carbocycles. The lowest BCUT2D eigenvalue weighted by atomic mass is 10.2. The quantitative estimate of drug-likeness (QED) is 0.441. The number of urea groups is 1. The molecule has 1 saturated heterocycles. The average Bonchev–Trinajstić information content (AvgIpc) is 3.68. The number of carbonyl (C=O) groups is 1. The summed E-state index contributed by atoms with van der Waals surface area (Å²) in [7, 11) is 1.83. The van der Waals surface area contributed by atoms with Gasteiger partial charge in [-0.15, -0.1) is 0 Å². The minimum atomic E-state index is -0.324. The number of amides is 2. The van der Waals surface area contributed by atoms with Crippen molar-refractivity contribution < 1.29 is 9.53 Å². The monoisotopic (exact) mass is 486 g/mol. The molecule has 3 N–H and O–H groups in total. The van der Waals surface area contributed by atoms with Crippen molar-refractivity contribution in [1.29, 1.82) is 0 Å². The van der Waals surface area contributed by atoms with Gasteiger partial charge >= 0.3 is 6.03 Å². The fraction of sp³-hybridized carbons (Fsp3) is 0.385. The van der Waals surface area contributed by atoms with E-state index in [0.717, 1.165) is 50.7 Å². The highest BCUT2D eigenvalue weighted by Crippen LogP contribution is 2.39. The van der Waals surface area contributed by atoms with Gasteiger partial charge in [0, 0.05) is 68.9 Å². The van der Waals surface area contributed by atoms with E-state index in [2.05, 4.69) is 47.8 Å². The fourth-order valence-corrected chi connectivity index (χ4v) is 3.92. The Morgan fingerprint density at radius 2 is 1.86 bits per heavy atom. The molecule has 0 spiro atoms. The van der Waals surface area contributed by atoms with Gasteiger partial charge in [-0.05, 0) is 31.0 Å². The Balaban J connectivity index is 1.12. The summed E-state index contributed by atoms with van der Waals surface area (Å²) in [5.41, 5.74) is 3.18. The van der Waals surface area contributed by atoms with E-state index in [1.165, 1.54) is 12.8 Å². The number of hydrogen-bond donors (Lipinski definition) is 3. The first-order chi connectivity index (χ1) is 17.6. The Bertz CT molecular complexity index is 1250. The van der Waals surface area contributed by atoms with Crippen molar-refractivity contribution in [2.45, 2.75) is 18.8 Å². The maximum Gasteiger partial charge on any atom is 0.324 e. The number of aromatic nitrogens is 4. The summed E-state index contributed by atoms with van der Waals surface area (Å²) in [6.07, 6.45) is 5.74. The maximum absolute atomic E-state index is 12.5. The number of nitrogens with zero attached hydrogens (tertiary/aromatic N) is 5. The van der Waals surface area contributed by atoms with Crippen LogP contribution in [0.2, 0.25) is 0 Å². The SMILES string of the molecule is Cn1nc(C2CC2)cc1NC(=O)Nc1cccc(C#Cc2cnc(NCCN3CCOCC3)nc2)c1. The minimum Gasteiger partial charge on any atom is -0.379 e. The number of hydrogen-bond acceptors (Lipinski definition) is 7. The normalized spacial score (nSPS) is 15.6. The molecule has 2 aliphatic rings. The zero-order chi connectivity index (χ0) is 24.7. The third-order valence-electron chi connectivity index (χ3n) is 6.07. The van der Waals surface area contributed by atoms with Gasteiger partial charge in [0.1, 0.15) is 5.82 Å². The molecular formula is C26H30N8O2. The molecule has 2 aromatic heterocycles. The Hall–Kier alpha value is -3.94. The molecule has 10 nitrogen and oxygen atoms in total. The van der Waals surface area contributed by atoms with Crippen LogP contribution in [0, 0.1) is 11.8 Å².